The Balaban J connectivity index is 2.28. The van der Waals surface area contributed by atoms with E-state index in [1.165, 1.54) is 18.2 Å². The number of hydrogen-bond donors (Lipinski definition) is 0. The topological polar surface area (TPSA) is 72.7 Å². The molecule has 0 atom stereocenters. The molecule has 0 spiro atoms. The lowest BCUT2D eigenvalue weighted by Gasteiger charge is -2.27. The fourth-order valence-corrected chi connectivity index (χ4v) is 1.93. The zero-order valence-electron chi connectivity index (χ0n) is 9.47. The predicted octanol–water partition coefficient (Wildman–Crippen LogP) is 1.72. The minimum absolute atomic E-state index is 0.143. The Hall–Kier alpha value is -1.66. The molecule has 2 rings (SSSR count). The van der Waals surface area contributed by atoms with Gasteiger partial charge in [-0.15, -0.1) is 0 Å². The van der Waals surface area contributed by atoms with Crippen molar-refractivity contribution in [2.45, 2.75) is 0 Å². The van der Waals surface area contributed by atoms with Crippen LogP contribution in [0, 0.1) is 10.1 Å². The van der Waals surface area contributed by atoms with Crippen LogP contribution in [0.4, 0.5) is 5.69 Å². The van der Waals surface area contributed by atoms with Crippen molar-refractivity contribution >= 4 is 23.2 Å². The van der Waals surface area contributed by atoms with Gasteiger partial charge in [-0.25, -0.2) is 0 Å². The molecule has 0 aliphatic carbocycles. The quantitative estimate of drug-likeness (QED) is 0.606. The number of hydrogen-bond acceptors (Lipinski definition) is 4. The average molecular weight is 271 g/mol. The van der Waals surface area contributed by atoms with Gasteiger partial charge in [0.2, 0.25) is 0 Å². The van der Waals surface area contributed by atoms with Crippen molar-refractivity contribution < 1.29 is 14.5 Å². The molecule has 6 nitrogen and oxygen atoms in total. The Bertz CT molecular complexity index is 486. The van der Waals surface area contributed by atoms with Crippen molar-refractivity contribution in [2.75, 3.05) is 26.3 Å². The van der Waals surface area contributed by atoms with Crippen LogP contribution in [0.2, 0.25) is 5.02 Å². The van der Waals surface area contributed by atoms with E-state index in [4.69, 9.17) is 16.3 Å². The molecule has 1 aromatic carbocycles. The highest BCUT2D eigenvalue weighted by atomic mass is 35.5. The molecule has 1 aromatic rings. The third kappa shape index (κ3) is 2.60. The van der Waals surface area contributed by atoms with Gasteiger partial charge >= 0.3 is 0 Å². The van der Waals surface area contributed by atoms with Crippen LogP contribution in [-0.2, 0) is 4.74 Å². The molecule has 0 N–H and O–H groups in total. The first-order chi connectivity index (χ1) is 8.59. The molecule has 0 saturated carbocycles. The molecule has 0 aromatic heterocycles. The van der Waals surface area contributed by atoms with Crippen molar-refractivity contribution in [1.82, 2.24) is 4.90 Å². The van der Waals surface area contributed by atoms with E-state index in [0.29, 0.717) is 26.3 Å². The second-order valence-electron chi connectivity index (χ2n) is 3.83. The van der Waals surface area contributed by atoms with Gasteiger partial charge in [0.15, 0.2) is 0 Å². The second-order valence-corrected chi connectivity index (χ2v) is 4.23. The second kappa shape index (κ2) is 5.32. The minimum atomic E-state index is -0.549. The van der Waals surface area contributed by atoms with Crippen LogP contribution >= 0.6 is 11.6 Å². The normalized spacial score (nSPS) is 15.5. The van der Waals surface area contributed by atoms with E-state index >= 15 is 0 Å². The van der Waals surface area contributed by atoms with Crippen LogP contribution in [-0.4, -0.2) is 42.0 Å². The summed E-state index contributed by atoms with van der Waals surface area (Å²) in [6.45, 7) is 1.88. The Morgan fingerprint density at radius 3 is 2.67 bits per heavy atom. The van der Waals surface area contributed by atoms with E-state index in [2.05, 4.69) is 0 Å². The van der Waals surface area contributed by atoms with Gasteiger partial charge in [0.05, 0.1) is 28.7 Å². The van der Waals surface area contributed by atoms with Gasteiger partial charge in [0.1, 0.15) is 0 Å². The van der Waals surface area contributed by atoms with Gasteiger partial charge in [0.25, 0.3) is 11.6 Å². The fourth-order valence-electron chi connectivity index (χ4n) is 1.73. The number of rotatable bonds is 2. The third-order valence-corrected chi connectivity index (χ3v) is 3.02. The van der Waals surface area contributed by atoms with E-state index in [9.17, 15) is 14.9 Å². The van der Waals surface area contributed by atoms with Crippen molar-refractivity contribution in [3.05, 3.63) is 38.9 Å². The number of carbonyl (C=O) groups excluding carboxylic acids is 1. The molecule has 0 bridgehead atoms. The molecule has 1 amide bonds. The standard InChI is InChI=1S/C11H11ClN2O4/c12-10-2-1-8(14(16)17)7-9(10)11(15)13-3-5-18-6-4-13/h1-2,7H,3-6H2. The van der Waals surface area contributed by atoms with Crippen LogP contribution in [0.3, 0.4) is 0 Å². The predicted molar refractivity (Wildman–Crippen MR) is 64.8 cm³/mol. The average Bonchev–Trinajstić information content (AvgIpc) is 2.39. The molecule has 96 valence electrons. The van der Waals surface area contributed by atoms with Crippen LogP contribution in [0.1, 0.15) is 10.4 Å². The van der Waals surface area contributed by atoms with Gasteiger partial charge in [0, 0.05) is 25.2 Å². The summed E-state index contributed by atoms with van der Waals surface area (Å²) in [5, 5.41) is 10.9. The Morgan fingerprint density at radius 2 is 2.06 bits per heavy atom. The number of nitro groups is 1. The summed E-state index contributed by atoms with van der Waals surface area (Å²) in [5.41, 5.74) is 0.0174. The summed E-state index contributed by atoms with van der Waals surface area (Å²) >= 11 is 5.91. The zero-order chi connectivity index (χ0) is 13.1. The first-order valence-electron chi connectivity index (χ1n) is 5.40. The number of halogens is 1. The first kappa shape index (κ1) is 12.8. The molecule has 18 heavy (non-hydrogen) atoms. The Labute approximate surface area is 108 Å². The number of carbonyl (C=O) groups is 1. The molecular weight excluding hydrogens is 260 g/mol. The van der Waals surface area contributed by atoms with Gasteiger partial charge in [-0.1, -0.05) is 11.6 Å². The van der Waals surface area contributed by atoms with Crippen LogP contribution in [0.25, 0.3) is 0 Å². The number of nitrogens with zero attached hydrogens (tertiary/aromatic N) is 2. The van der Waals surface area contributed by atoms with Crippen LogP contribution in [0.15, 0.2) is 18.2 Å². The summed E-state index contributed by atoms with van der Waals surface area (Å²) in [6.07, 6.45) is 0. The Kier molecular flexibility index (Phi) is 3.78. The summed E-state index contributed by atoms with van der Waals surface area (Å²) < 4.78 is 5.14. The third-order valence-electron chi connectivity index (χ3n) is 2.69. The van der Waals surface area contributed by atoms with Gasteiger partial charge in [-0.05, 0) is 6.07 Å². The largest absolute Gasteiger partial charge is 0.378 e. The molecule has 1 aliphatic rings. The smallest absolute Gasteiger partial charge is 0.270 e. The van der Waals surface area contributed by atoms with Crippen LogP contribution in [0.5, 0.6) is 0 Å². The summed E-state index contributed by atoms with van der Waals surface area (Å²) in [4.78, 5) is 23.9. The number of non-ortho nitro benzene ring substituents is 1. The minimum Gasteiger partial charge on any atom is -0.378 e. The van der Waals surface area contributed by atoms with E-state index < -0.39 is 4.92 Å². The van der Waals surface area contributed by atoms with E-state index in [1.807, 2.05) is 0 Å². The van der Waals surface area contributed by atoms with Gasteiger partial charge in [-0.3, -0.25) is 14.9 Å². The summed E-state index contributed by atoms with van der Waals surface area (Å²) in [5.74, 6) is -0.299. The number of ether oxygens (including phenoxy) is 1. The molecule has 1 heterocycles. The number of morpholine rings is 1. The first-order valence-corrected chi connectivity index (χ1v) is 5.78. The number of benzene rings is 1. The highest BCUT2D eigenvalue weighted by Gasteiger charge is 2.22. The monoisotopic (exact) mass is 270 g/mol. The summed E-state index contributed by atoms with van der Waals surface area (Å²) in [6, 6.07) is 3.85. The molecule has 1 saturated heterocycles. The molecule has 1 aliphatic heterocycles. The van der Waals surface area contributed by atoms with Gasteiger partial charge < -0.3 is 9.64 Å². The molecule has 1 fully saturated rings. The highest BCUT2D eigenvalue weighted by Crippen LogP contribution is 2.23. The van der Waals surface area contributed by atoms with Crippen molar-refractivity contribution in [2.24, 2.45) is 0 Å². The lowest BCUT2D eigenvalue weighted by atomic mass is 10.1. The van der Waals surface area contributed by atoms with Crippen molar-refractivity contribution in [3.63, 3.8) is 0 Å². The highest BCUT2D eigenvalue weighted by molar-refractivity contribution is 6.33. The molecule has 0 unspecified atom stereocenters. The SMILES string of the molecule is O=C(c1cc([N+](=O)[O-])ccc1Cl)N1CCOCC1. The van der Waals surface area contributed by atoms with Crippen molar-refractivity contribution in [1.29, 1.82) is 0 Å². The lowest BCUT2D eigenvalue weighted by Crippen LogP contribution is -2.40. The molecular formula is C11H11ClN2O4. The zero-order valence-corrected chi connectivity index (χ0v) is 10.2. The number of amides is 1. The summed E-state index contributed by atoms with van der Waals surface area (Å²) in [7, 11) is 0. The number of nitro benzene ring substituents is 1. The maximum absolute atomic E-state index is 12.2. The van der Waals surface area contributed by atoms with E-state index in [0.717, 1.165) is 0 Å². The Morgan fingerprint density at radius 1 is 1.39 bits per heavy atom. The lowest BCUT2D eigenvalue weighted by molar-refractivity contribution is -0.384. The van der Waals surface area contributed by atoms with Crippen LogP contribution < -0.4 is 0 Å². The van der Waals surface area contributed by atoms with E-state index in [-0.39, 0.29) is 22.2 Å². The van der Waals surface area contributed by atoms with Gasteiger partial charge in [-0.2, -0.15) is 0 Å². The fraction of sp³-hybridized carbons (Fsp3) is 0.364. The van der Waals surface area contributed by atoms with E-state index in [1.54, 1.807) is 4.90 Å². The maximum atomic E-state index is 12.2. The maximum Gasteiger partial charge on any atom is 0.270 e. The molecule has 7 heteroatoms. The molecule has 0 radical (unpaired) electrons. The van der Waals surface area contributed by atoms with Crippen molar-refractivity contribution in [3.8, 4) is 0 Å².